The van der Waals surface area contributed by atoms with E-state index in [4.69, 9.17) is 0 Å². The number of carbonyl (C=O) groups excluding carboxylic acids is 1. The van der Waals surface area contributed by atoms with E-state index in [-0.39, 0.29) is 16.5 Å². The second-order valence-electron chi connectivity index (χ2n) is 3.97. The Balaban J connectivity index is 2.88. The zero-order chi connectivity index (χ0) is 12.3. The van der Waals surface area contributed by atoms with Gasteiger partial charge in [-0.25, -0.2) is 0 Å². The van der Waals surface area contributed by atoms with Crippen molar-refractivity contribution in [1.82, 2.24) is 4.90 Å². The lowest BCUT2D eigenvalue weighted by Gasteiger charge is -2.19. The number of benzene rings is 1. The van der Waals surface area contributed by atoms with Gasteiger partial charge in [-0.15, -0.1) is 0 Å². The Bertz CT molecular complexity index is 391. The number of amides is 1. The van der Waals surface area contributed by atoms with Crippen LogP contribution in [0.25, 0.3) is 0 Å². The normalized spacial score (nSPS) is 12.2. The van der Waals surface area contributed by atoms with Crippen LogP contribution in [0.15, 0.2) is 18.2 Å². The number of phenols is 1. The number of alkyl halides is 1. The molecule has 1 unspecified atom stereocenters. The maximum atomic E-state index is 12.0. The van der Waals surface area contributed by atoms with Crippen LogP contribution in [0, 0.1) is 6.92 Å². The first kappa shape index (κ1) is 13.0. The van der Waals surface area contributed by atoms with E-state index in [1.807, 2.05) is 13.8 Å². The highest BCUT2D eigenvalue weighted by molar-refractivity contribution is 9.09. The molecule has 0 radical (unpaired) electrons. The fraction of sp³-hybridized carbons (Fsp3) is 0.417. The number of aryl methyl sites for hydroxylation is 1. The molecule has 0 aromatic heterocycles. The average molecular weight is 286 g/mol. The third kappa shape index (κ3) is 3.23. The Morgan fingerprint density at radius 3 is 2.69 bits per heavy atom. The van der Waals surface area contributed by atoms with Crippen LogP contribution in [-0.4, -0.2) is 34.3 Å². The first-order chi connectivity index (χ1) is 7.41. The average Bonchev–Trinajstić information content (AvgIpc) is 2.15. The molecule has 0 saturated heterocycles. The summed E-state index contributed by atoms with van der Waals surface area (Å²) in [6.07, 6.45) is 0. The molecule has 88 valence electrons. The van der Waals surface area contributed by atoms with Crippen LogP contribution in [0.1, 0.15) is 22.8 Å². The number of rotatable bonds is 3. The predicted molar refractivity (Wildman–Crippen MR) is 68.2 cm³/mol. The van der Waals surface area contributed by atoms with Crippen molar-refractivity contribution in [2.75, 3.05) is 13.6 Å². The number of aromatic hydroxyl groups is 1. The third-order valence-electron chi connectivity index (χ3n) is 2.31. The van der Waals surface area contributed by atoms with Gasteiger partial charge in [-0.05, 0) is 30.7 Å². The van der Waals surface area contributed by atoms with Crippen molar-refractivity contribution in [2.24, 2.45) is 0 Å². The van der Waals surface area contributed by atoms with Crippen molar-refractivity contribution >= 4 is 21.8 Å². The zero-order valence-corrected chi connectivity index (χ0v) is 11.3. The minimum atomic E-state index is -0.0243. The van der Waals surface area contributed by atoms with Gasteiger partial charge >= 0.3 is 0 Å². The summed E-state index contributed by atoms with van der Waals surface area (Å²) in [5.74, 6) is 0.161. The van der Waals surface area contributed by atoms with Crippen LogP contribution in [0.5, 0.6) is 5.75 Å². The van der Waals surface area contributed by atoms with Crippen molar-refractivity contribution < 1.29 is 9.90 Å². The van der Waals surface area contributed by atoms with E-state index in [0.29, 0.717) is 12.1 Å². The largest absolute Gasteiger partial charge is 0.508 e. The molecule has 1 aromatic carbocycles. The summed E-state index contributed by atoms with van der Waals surface area (Å²) < 4.78 is 0. The Labute approximate surface area is 104 Å². The van der Waals surface area contributed by atoms with Crippen molar-refractivity contribution in [1.29, 1.82) is 0 Å². The quantitative estimate of drug-likeness (QED) is 0.867. The summed E-state index contributed by atoms with van der Waals surface area (Å²) in [4.78, 5) is 14.0. The highest BCUT2D eigenvalue weighted by atomic mass is 79.9. The minimum Gasteiger partial charge on any atom is -0.508 e. The van der Waals surface area contributed by atoms with Gasteiger partial charge in [-0.1, -0.05) is 22.9 Å². The highest BCUT2D eigenvalue weighted by Crippen LogP contribution is 2.17. The summed E-state index contributed by atoms with van der Waals surface area (Å²) in [6.45, 7) is 4.46. The molecule has 1 N–H and O–H groups in total. The van der Waals surface area contributed by atoms with Gasteiger partial charge in [0.05, 0.1) is 0 Å². The van der Waals surface area contributed by atoms with Gasteiger partial charge in [0, 0.05) is 24.0 Å². The van der Waals surface area contributed by atoms with E-state index >= 15 is 0 Å². The van der Waals surface area contributed by atoms with Gasteiger partial charge in [0.15, 0.2) is 0 Å². The molecule has 0 bridgehead atoms. The van der Waals surface area contributed by atoms with Gasteiger partial charge in [-0.3, -0.25) is 4.79 Å². The first-order valence-corrected chi connectivity index (χ1v) is 6.02. The van der Waals surface area contributed by atoms with Crippen LogP contribution < -0.4 is 0 Å². The fourth-order valence-corrected chi connectivity index (χ4v) is 1.99. The molecule has 0 saturated carbocycles. The third-order valence-corrected chi connectivity index (χ3v) is 2.60. The van der Waals surface area contributed by atoms with E-state index < -0.39 is 0 Å². The molecule has 4 heteroatoms. The molecule has 1 rings (SSSR count). The topological polar surface area (TPSA) is 40.5 Å². The van der Waals surface area contributed by atoms with Gasteiger partial charge in [0.1, 0.15) is 5.75 Å². The van der Waals surface area contributed by atoms with Gasteiger partial charge in [0.2, 0.25) is 0 Å². The molecular formula is C12H16BrNO2. The van der Waals surface area contributed by atoms with E-state index in [0.717, 1.165) is 5.56 Å². The number of hydrogen-bond donors (Lipinski definition) is 1. The van der Waals surface area contributed by atoms with Crippen LogP contribution in [0.4, 0.5) is 0 Å². The molecule has 1 atom stereocenters. The maximum absolute atomic E-state index is 12.0. The summed E-state index contributed by atoms with van der Waals surface area (Å²) in [5, 5.41) is 9.27. The lowest BCUT2D eigenvalue weighted by Crippen LogP contribution is -2.31. The van der Waals surface area contributed by atoms with Gasteiger partial charge in [-0.2, -0.15) is 0 Å². The predicted octanol–water partition coefficient (Wildman–Crippen LogP) is 2.56. The molecule has 0 heterocycles. The standard InChI is InChI=1S/C12H16BrNO2/c1-8-6-10(15)4-5-11(8)12(16)14(3)7-9(2)13/h4-6,9,15H,7H2,1-3H3. The monoisotopic (exact) mass is 285 g/mol. The molecule has 3 nitrogen and oxygen atoms in total. The molecule has 0 aliphatic heterocycles. The summed E-state index contributed by atoms with van der Waals surface area (Å²) >= 11 is 3.41. The Hall–Kier alpha value is -1.03. The minimum absolute atomic E-state index is 0.0243. The van der Waals surface area contributed by atoms with E-state index in [1.165, 1.54) is 6.07 Å². The molecule has 0 fully saturated rings. The molecule has 0 spiro atoms. The molecule has 1 amide bonds. The summed E-state index contributed by atoms with van der Waals surface area (Å²) in [5.41, 5.74) is 1.42. The molecule has 0 aliphatic rings. The van der Waals surface area contributed by atoms with E-state index in [2.05, 4.69) is 15.9 Å². The van der Waals surface area contributed by atoms with Crippen molar-refractivity contribution in [2.45, 2.75) is 18.7 Å². The number of halogens is 1. The van der Waals surface area contributed by atoms with E-state index in [1.54, 1.807) is 24.1 Å². The number of nitrogens with zero attached hydrogens (tertiary/aromatic N) is 1. The number of hydrogen-bond acceptors (Lipinski definition) is 2. The molecule has 1 aromatic rings. The lowest BCUT2D eigenvalue weighted by molar-refractivity contribution is 0.0796. The SMILES string of the molecule is Cc1cc(O)ccc1C(=O)N(C)CC(C)Br. The Morgan fingerprint density at radius 1 is 1.56 bits per heavy atom. The number of phenolic OH excluding ortho intramolecular Hbond substituents is 1. The molecule has 16 heavy (non-hydrogen) atoms. The highest BCUT2D eigenvalue weighted by Gasteiger charge is 2.15. The maximum Gasteiger partial charge on any atom is 0.253 e. The second-order valence-corrected chi connectivity index (χ2v) is 5.53. The van der Waals surface area contributed by atoms with Gasteiger partial charge < -0.3 is 10.0 Å². The van der Waals surface area contributed by atoms with Crippen molar-refractivity contribution in [3.63, 3.8) is 0 Å². The van der Waals surface area contributed by atoms with E-state index in [9.17, 15) is 9.90 Å². The molecular weight excluding hydrogens is 270 g/mol. The van der Waals surface area contributed by atoms with Crippen LogP contribution >= 0.6 is 15.9 Å². The summed E-state index contributed by atoms with van der Waals surface area (Å²) in [6, 6.07) is 4.78. The van der Waals surface area contributed by atoms with Crippen LogP contribution in [-0.2, 0) is 0 Å². The Kier molecular flexibility index (Phi) is 4.35. The molecule has 0 aliphatic carbocycles. The van der Waals surface area contributed by atoms with Crippen molar-refractivity contribution in [3.8, 4) is 5.75 Å². The fourth-order valence-electron chi connectivity index (χ4n) is 1.55. The Morgan fingerprint density at radius 2 is 2.19 bits per heavy atom. The van der Waals surface area contributed by atoms with Crippen LogP contribution in [0.2, 0.25) is 0 Å². The summed E-state index contributed by atoms with van der Waals surface area (Å²) in [7, 11) is 1.77. The second kappa shape index (κ2) is 5.34. The zero-order valence-electron chi connectivity index (χ0n) is 9.70. The van der Waals surface area contributed by atoms with Crippen molar-refractivity contribution in [3.05, 3.63) is 29.3 Å². The smallest absolute Gasteiger partial charge is 0.253 e. The van der Waals surface area contributed by atoms with Crippen LogP contribution in [0.3, 0.4) is 0 Å². The number of carbonyl (C=O) groups is 1. The first-order valence-electron chi connectivity index (χ1n) is 5.11. The lowest BCUT2D eigenvalue weighted by atomic mass is 10.1. The van der Waals surface area contributed by atoms with Gasteiger partial charge in [0.25, 0.3) is 5.91 Å².